The Balaban J connectivity index is 0. The molecule has 38 heavy (non-hydrogen) atoms. The van der Waals surface area contributed by atoms with Gasteiger partial charge in [0.1, 0.15) is 0 Å². The molecule has 0 unspecified atom stereocenters. The number of ether oxygens (including phenoxy) is 1. The number of carbonyl (C=O) groups excluding carboxylic acids is 1. The van der Waals surface area contributed by atoms with Crippen LogP contribution in [0.3, 0.4) is 0 Å². The first-order chi connectivity index (χ1) is 17.5. The first-order valence-corrected chi connectivity index (χ1v) is 14.4. The van der Waals surface area contributed by atoms with Crippen molar-refractivity contribution in [2.45, 2.75) is 69.5 Å². The van der Waals surface area contributed by atoms with Crippen molar-refractivity contribution >= 4 is 32.0 Å². The van der Waals surface area contributed by atoms with E-state index < -0.39 is 21.3 Å². The van der Waals surface area contributed by atoms with E-state index in [4.69, 9.17) is 0 Å². The van der Waals surface area contributed by atoms with Crippen LogP contribution in [0, 0.1) is 23.8 Å². The number of hydrogen-bond acceptors (Lipinski definition) is 5. The fraction of sp³-hybridized carbons (Fsp3) is 0.500. The minimum absolute atomic E-state index is 0. The Labute approximate surface area is 244 Å². The molecule has 0 heterocycles. The zero-order valence-electron chi connectivity index (χ0n) is 20.8. The predicted molar refractivity (Wildman–Crippen MR) is 136 cm³/mol. The number of hydrogen-bond donors (Lipinski definition) is 0. The summed E-state index contributed by atoms with van der Waals surface area (Å²) >= 11 is 3.38. The molecule has 2 rings (SSSR count). The van der Waals surface area contributed by atoms with Crippen LogP contribution in [0.1, 0.15) is 64.2 Å². The van der Waals surface area contributed by atoms with Gasteiger partial charge in [0.05, 0.1) is 6.61 Å². The van der Waals surface area contributed by atoms with E-state index >= 15 is 0 Å². The number of carbonyl (C=O) groups is 1. The second kappa shape index (κ2) is 23.5. The van der Waals surface area contributed by atoms with Crippen LogP contribution in [0.2, 0.25) is 0 Å². The molecular weight excluding hydrogens is 681 g/mol. The van der Waals surface area contributed by atoms with Gasteiger partial charge in [-0.1, -0.05) is 67.3 Å². The quantitative estimate of drug-likeness (QED) is 0.0393. The largest absolute Gasteiger partial charge is 3.00 e. The van der Waals surface area contributed by atoms with Crippen LogP contribution in [0.4, 0.5) is 17.6 Å². The molecule has 0 aliphatic rings. The number of rotatable bonds is 14. The van der Waals surface area contributed by atoms with E-state index in [-0.39, 0.29) is 37.7 Å². The van der Waals surface area contributed by atoms with E-state index in [0.717, 1.165) is 24.6 Å². The molecule has 0 aromatic heterocycles. The summed E-state index contributed by atoms with van der Waals surface area (Å²) in [4.78, 5) is 10.8. The standard InChI is InChI=1S/C14H25BrF2O5S.2C6H4F.Ru/c15-11-9-7-5-3-1-2-4-6-8-10-12-22-13(18)14(16,17)23(19,20)21;2*7-6-4-2-1-3-5-6;/h1-12H2,(H,19,20,21);2*1-4H;/q;2*-1;+3/p-1. The van der Waals surface area contributed by atoms with Crippen LogP contribution in [-0.4, -0.2) is 36.1 Å². The Morgan fingerprint density at radius 3 is 1.50 bits per heavy atom. The Morgan fingerprint density at radius 1 is 0.816 bits per heavy atom. The van der Waals surface area contributed by atoms with Crippen molar-refractivity contribution in [1.82, 2.24) is 0 Å². The van der Waals surface area contributed by atoms with Gasteiger partial charge in [-0.25, -0.2) is 22.0 Å². The Bertz CT molecular complexity index is 902. The average Bonchev–Trinajstić information content (AvgIpc) is 2.85. The smallest absolute Gasteiger partial charge is 0.743 e. The molecule has 0 aliphatic heterocycles. The normalized spacial score (nSPS) is 10.7. The third-order valence-corrected chi connectivity index (χ3v) is 6.01. The second-order valence-electron chi connectivity index (χ2n) is 7.75. The number of benzene rings is 2. The maximum Gasteiger partial charge on any atom is 3.00 e. The zero-order valence-corrected chi connectivity index (χ0v) is 24.9. The van der Waals surface area contributed by atoms with Gasteiger partial charge in [0, 0.05) is 17.0 Å². The summed E-state index contributed by atoms with van der Waals surface area (Å²) in [5, 5.41) is -3.97. The van der Waals surface area contributed by atoms with E-state index in [1.165, 1.54) is 56.4 Å². The summed E-state index contributed by atoms with van der Waals surface area (Å²) in [6.07, 6.45) is 10.2. The fourth-order valence-electron chi connectivity index (χ4n) is 2.70. The van der Waals surface area contributed by atoms with Crippen molar-refractivity contribution < 1.29 is 59.5 Å². The van der Waals surface area contributed by atoms with Gasteiger partial charge in [0.15, 0.2) is 10.1 Å². The van der Waals surface area contributed by atoms with Crippen LogP contribution in [0.15, 0.2) is 48.5 Å². The van der Waals surface area contributed by atoms with Gasteiger partial charge in [-0.2, -0.15) is 45.2 Å². The van der Waals surface area contributed by atoms with Crippen LogP contribution in [0.25, 0.3) is 0 Å². The number of unbranched alkanes of at least 4 members (excludes halogenated alkanes) is 9. The molecule has 0 fully saturated rings. The molecule has 2 aromatic rings. The van der Waals surface area contributed by atoms with Crippen molar-refractivity contribution in [3.05, 3.63) is 72.3 Å². The maximum absolute atomic E-state index is 12.8. The van der Waals surface area contributed by atoms with Crippen molar-refractivity contribution in [2.75, 3.05) is 11.9 Å². The Hall–Kier alpha value is -1.36. The minimum atomic E-state index is -6.03. The van der Waals surface area contributed by atoms with Gasteiger partial charge < -0.3 is 9.29 Å². The van der Waals surface area contributed by atoms with Gasteiger partial charge in [-0.3, -0.25) is 0 Å². The Kier molecular flexibility index (Phi) is 24.0. The van der Waals surface area contributed by atoms with Gasteiger partial charge in [-0.15, -0.1) is 24.3 Å². The first kappa shape index (κ1) is 38.8. The van der Waals surface area contributed by atoms with Crippen LogP contribution < -0.4 is 0 Å². The molecule has 0 N–H and O–H groups in total. The third kappa shape index (κ3) is 20.6. The monoisotopic (exact) mass is 713 g/mol. The molecule has 0 saturated carbocycles. The van der Waals surface area contributed by atoms with Crippen molar-refractivity contribution in [3.8, 4) is 0 Å². The molecule has 0 amide bonds. The predicted octanol–water partition coefficient (Wildman–Crippen LogP) is 7.21. The third-order valence-electron chi connectivity index (χ3n) is 4.65. The molecule has 0 spiro atoms. The van der Waals surface area contributed by atoms with Crippen molar-refractivity contribution in [1.29, 1.82) is 0 Å². The molecular formula is C26H32BrF4O5RuS. The summed E-state index contributed by atoms with van der Waals surface area (Å²) in [6.45, 7) is -0.309. The maximum atomic E-state index is 12.8. The molecule has 0 atom stereocenters. The molecule has 12 heteroatoms. The van der Waals surface area contributed by atoms with E-state index in [2.05, 4.69) is 32.8 Å². The Morgan fingerprint density at radius 2 is 1.21 bits per heavy atom. The molecule has 5 nitrogen and oxygen atoms in total. The fourth-order valence-corrected chi connectivity index (χ4v) is 3.36. The van der Waals surface area contributed by atoms with Crippen LogP contribution in [-0.2, 0) is 39.1 Å². The summed E-state index contributed by atoms with van der Waals surface area (Å²) < 4.78 is 84.0. The van der Waals surface area contributed by atoms with Gasteiger partial charge in [0.2, 0.25) is 0 Å². The number of alkyl halides is 3. The molecule has 215 valence electrons. The second-order valence-corrected chi connectivity index (χ2v) is 9.97. The molecule has 0 bridgehead atoms. The van der Waals surface area contributed by atoms with Gasteiger partial charge in [-0.05, 0) is 12.8 Å². The SMILES string of the molecule is Fc1[c-]cccc1.Fc1[c-]cccc1.O=C(OCCCCCCCCCCCCBr)C(F)(F)S(=O)(=O)[O-].[Ru+3]. The molecule has 2 aromatic carbocycles. The molecule has 0 aliphatic carbocycles. The summed E-state index contributed by atoms with van der Waals surface area (Å²) in [7, 11) is -6.03. The van der Waals surface area contributed by atoms with E-state index in [1.807, 2.05) is 0 Å². The molecule has 1 radical (unpaired) electrons. The van der Waals surface area contributed by atoms with E-state index in [0.29, 0.717) is 12.8 Å². The minimum Gasteiger partial charge on any atom is -0.743 e. The van der Waals surface area contributed by atoms with Crippen molar-refractivity contribution in [2.24, 2.45) is 0 Å². The zero-order chi connectivity index (χ0) is 28.0. The van der Waals surface area contributed by atoms with Crippen LogP contribution >= 0.6 is 15.9 Å². The first-order valence-electron chi connectivity index (χ1n) is 11.8. The number of halogens is 5. The van der Waals surface area contributed by atoms with E-state index in [9.17, 15) is 35.3 Å². The summed E-state index contributed by atoms with van der Waals surface area (Å²) in [5.41, 5.74) is 0. The van der Waals surface area contributed by atoms with Gasteiger partial charge in [0.25, 0.3) is 0 Å². The topological polar surface area (TPSA) is 83.5 Å². The van der Waals surface area contributed by atoms with Crippen molar-refractivity contribution in [3.63, 3.8) is 0 Å². The summed E-state index contributed by atoms with van der Waals surface area (Å²) in [5.74, 6) is -2.90. The van der Waals surface area contributed by atoms with Gasteiger partial charge >= 0.3 is 30.7 Å². The summed E-state index contributed by atoms with van der Waals surface area (Å²) in [6, 6.07) is 17.2. The van der Waals surface area contributed by atoms with Crippen LogP contribution in [0.5, 0.6) is 0 Å². The number of esters is 1. The molecule has 0 saturated heterocycles. The van der Waals surface area contributed by atoms with E-state index in [1.54, 1.807) is 24.3 Å². The average molecular weight is 714 g/mol.